The molecule has 5 rings (SSSR count). The third kappa shape index (κ3) is 5.42. The molecule has 0 radical (unpaired) electrons. The summed E-state index contributed by atoms with van der Waals surface area (Å²) in [4.78, 5) is 19.6. The number of aromatic nitrogens is 1. The Morgan fingerprint density at radius 2 is 1.73 bits per heavy atom. The normalized spacial score (nSPS) is 15.8. The molecule has 0 aliphatic heterocycles. The smallest absolute Gasteiger partial charge is 0.290 e. The van der Waals surface area contributed by atoms with Crippen molar-refractivity contribution in [1.82, 2.24) is 9.88 Å². The van der Waals surface area contributed by atoms with E-state index >= 15 is 0 Å². The molecule has 0 saturated heterocycles. The molecule has 1 aromatic carbocycles. The lowest BCUT2D eigenvalue weighted by molar-refractivity contribution is 0.0696. The van der Waals surface area contributed by atoms with Gasteiger partial charge >= 0.3 is 0 Å². The standard InChI is InChI=1S/C32H36N2O2S/c1-22-15-27-28(32(4,5)12-11-31(27,2)3)17-25(22)16-26-8-9-29(36-26)30(35)34(20-24-10-14-37-21-24)19-23-7-6-13-33-18-23/h6-10,13-15,17-18,21H,11-12,16,19-20H2,1-5H3. The molecule has 1 aliphatic rings. The number of benzene rings is 1. The monoisotopic (exact) mass is 512 g/mol. The van der Waals surface area contributed by atoms with Crippen molar-refractivity contribution in [3.05, 3.63) is 111 Å². The zero-order chi connectivity index (χ0) is 26.2. The van der Waals surface area contributed by atoms with E-state index in [2.05, 4.69) is 63.2 Å². The Morgan fingerprint density at radius 1 is 1.00 bits per heavy atom. The van der Waals surface area contributed by atoms with Crippen LogP contribution in [0, 0.1) is 6.92 Å². The first-order valence-electron chi connectivity index (χ1n) is 13.0. The van der Waals surface area contributed by atoms with Gasteiger partial charge in [-0.25, -0.2) is 0 Å². The van der Waals surface area contributed by atoms with Crippen LogP contribution in [0.1, 0.15) is 90.2 Å². The van der Waals surface area contributed by atoms with Crippen LogP contribution in [0.25, 0.3) is 0 Å². The maximum Gasteiger partial charge on any atom is 0.290 e. The van der Waals surface area contributed by atoms with Crippen molar-refractivity contribution >= 4 is 17.2 Å². The molecule has 0 N–H and O–H groups in total. The van der Waals surface area contributed by atoms with Crippen molar-refractivity contribution in [2.75, 3.05) is 0 Å². The Morgan fingerprint density at radius 3 is 2.41 bits per heavy atom. The van der Waals surface area contributed by atoms with Crippen LogP contribution < -0.4 is 0 Å². The third-order valence-corrected chi connectivity index (χ3v) is 8.62. The molecular formula is C32H36N2O2S. The van der Waals surface area contributed by atoms with Crippen LogP contribution in [0.15, 0.2) is 70.0 Å². The minimum atomic E-state index is -0.105. The number of furan rings is 1. The first kappa shape index (κ1) is 25.5. The van der Waals surface area contributed by atoms with Gasteiger partial charge < -0.3 is 9.32 Å². The number of pyridine rings is 1. The van der Waals surface area contributed by atoms with Gasteiger partial charge in [-0.15, -0.1) is 0 Å². The van der Waals surface area contributed by atoms with Crippen molar-refractivity contribution < 1.29 is 9.21 Å². The van der Waals surface area contributed by atoms with Crippen molar-refractivity contribution in [3.8, 4) is 0 Å². The minimum Gasteiger partial charge on any atom is -0.456 e. The average molecular weight is 513 g/mol. The highest BCUT2D eigenvalue weighted by Crippen LogP contribution is 2.46. The maximum absolute atomic E-state index is 13.6. The Hall–Kier alpha value is -3.18. The maximum atomic E-state index is 13.6. The molecule has 0 atom stereocenters. The van der Waals surface area contributed by atoms with E-state index in [9.17, 15) is 4.79 Å². The van der Waals surface area contributed by atoms with Gasteiger partial charge in [0, 0.05) is 31.9 Å². The van der Waals surface area contributed by atoms with E-state index in [0.717, 1.165) is 16.9 Å². The molecule has 192 valence electrons. The molecule has 37 heavy (non-hydrogen) atoms. The number of aryl methyl sites for hydroxylation is 1. The summed E-state index contributed by atoms with van der Waals surface area (Å²) in [5, 5.41) is 4.12. The summed E-state index contributed by atoms with van der Waals surface area (Å²) in [7, 11) is 0. The van der Waals surface area contributed by atoms with E-state index in [0.29, 0.717) is 25.3 Å². The molecular weight excluding hydrogens is 476 g/mol. The van der Waals surface area contributed by atoms with E-state index in [4.69, 9.17) is 4.42 Å². The lowest BCUT2D eigenvalue weighted by atomic mass is 9.62. The highest BCUT2D eigenvalue weighted by molar-refractivity contribution is 7.07. The second-order valence-corrected chi connectivity index (χ2v) is 12.5. The fourth-order valence-corrected chi connectivity index (χ4v) is 6.06. The Labute approximate surface area is 224 Å². The number of thiophene rings is 1. The Balaban J connectivity index is 1.39. The van der Waals surface area contributed by atoms with Crippen molar-refractivity contribution in [1.29, 1.82) is 0 Å². The zero-order valence-electron chi connectivity index (χ0n) is 22.5. The summed E-state index contributed by atoms with van der Waals surface area (Å²) < 4.78 is 6.17. The zero-order valence-corrected chi connectivity index (χ0v) is 23.3. The highest BCUT2D eigenvalue weighted by atomic mass is 32.1. The number of nitrogens with zero attached hydrogens (tertiary/aromatic N) is 2. The van der Waals surface area contributed by atoms with Crippen LogP contribution in [-0.4, -0.2) is 15.8 Å². The van der Waals surface area contributed by atoms with Crippen molar-refractivity contribution in [2.45, 2.75) is 77.8 Å². The second kappa shape index (κ2) is 9.94. The number of amides is 1. The molecule has 0 unspecified atom stereocenters. The molecule has 1 amide bonds. The fraction of sp³-hybridized carbons (Fsp3) is 0.375. The van der Waals surface area contributed by atoms with Gasteiger partial charge in [0.1, 0.15) is 5.76 Å². The topological polar surface area (TPSA) is 46.3 Å². The number of hydrogen-bond acceptors (Lipinski definition) is 4. The lowest BCUT2D eigenvalue weighted by Crippen LogP contribution is -2.34. The molecule has 0 fully saturated rings. The van der Waals surface area contributed by atoms with E-state index in [1.165, 1.54) is 35.1 Å². The highest BCUT2D eigenvalue weighted by Gasteiger charge is 2.37. The van der Waals surface area contributed by atoms with Crippen LogP contribution in [0.5, 0.6) is 0 Å². The van der Waals surface area contributed by atoms with Crippen molar-refractivity contribution in [2.24, 2.45) is 0 Å². The molecule has 0 saturated carbocycles. The second-order valence-electron chi connectivity index (χ2n) is 11.7. The summed E-state index contributed by atoms with van der Waals surface area (Å²) in [6.45, 7) is 12.6. The molecule has 0 spiro atoms. The van der Waals surface area contributed by atoms with Crippen LogP contribution in [0.2, 0.25) is 0 Å². The fourth-order valence-electron chi connectivity index (χ4n) is 5.40. The minimum absolute atomic E-state index is 0.105. The van der Waals surface area contributed by atoms with Crippen LogP contribution in [0.4, 0.5) is 0 Å². The van der Waals surface area contributed by atoms with Gasteiger partial charge in [0.2, 0.25) is 0 Å². The first-order valence-corrected chi connectivity index (χ1v) is 14.0. The van der Waals surface area contributed by atoms with Gasteiger partial charge in [-0.1, -0.05) is 45.9 Å². The van der Waals surface area contributed by atoms with Gasteiger partial charge in [0.25, 0.3) is 5.91 Å². The van der Waals surface area contributed by atoms with E-state index < -0.39 is 0 Å². The van der Waals surface area contributed by atoms with Crippen LogP contribution in [-0.2, 0) is 30.3 Å². The third-order valence-electron chi connectivity index (χ3n) is 7.88. The van der Waals surface area contributed by atoms with Crippen LogP contribution in [0.3, 0.4) is 0 Å². The number of hydrogen-bond donors (Lipinski definition) is 0. The molecule has 3 heterocycles. The Bertz CT molecular complexity index is 1380. The van der Waals surface area contributed by atoms with Crippen molar-refractivity contribution in [3.63, 3.8) is 0 Å². The Kier molecular flexibility index (Phi) is 6.84. The summed E-state index contributed by atoms with van der Waals surface area (Å²) >= 11 is 1.64. The van der Waals surface area contributed by atoms with E-state index in [1.54, 1.807) is 17.5 Å². The summed E-state index contributed by atoms with van der Waals surface area (Å²) in [6.07, 6.45) is 6.62. The largest absolute Gasteiger partial charge is 0.456 e. The number of carbonyl (C=O) groups is 1. The van der Waals surface area contributed by atoms with E-state index in [1.807, 2.05) is 40.7 Å². The molecule has 1 aliphatic carbocycles. The SMILES string of the molecule is Cc1cc2c(cc1Cc1ccc(C(=O)N(Cc3cccnc3)Cc3ccsc3)o1)C(C)(C)CCC2(C)C. The molecule has 5 heteroatoms. The number of fused-ring (bicyclic) bond motifs is 1. The predicted octanol–water partition coefficient (Wildman–Crippen LogP) is 7.83. The molecule has 4 nitrogen and oxygen atoms in total. The van der Waals surface area contributed by atoms with Gasteiger partial charge in [-0.2, -0.15) is 11.3 Å². The summed E-state index contributed by atoms with van der Waals surface area (Å²) in [5.41, 5.74) is 7.93. The van der Waals surface area contributed by atoms with Crippen LogP contribution >= 0.6 is 11.3 Å². The van der Waals surface area contributed by atoms with E-state index in [-0.39, 0.29) is 16.7 Å². The number of rotatable bonds is 7. The summed E-state index contributed by atoms with van der Waals surface area (Å²) in [6, 6.07) is 14.5. The van der Waals surface area contributed by atoms with Gasteiger partial charge in [-0.3, -0.25) is 9.78 Å². The van der Waals surface area contributed by atoms with Gasteiger partial charge in [0.05, 0.1) is 0 Å². The van der Waals surface area contributed by atoms with Gasteiger partial charge in [0.15, 0.2) is 5.76 Å². The first-order chi connectivity index (χ1) is 17.6. The van der Waals surface area contributed by atoms with Gasteiger partial charge in [-0.05, 0) is 99.0 Å². The molecule has 4 aromatic rings. The summed E-state index contributed by atoms with van der Waals surface area (Å²) in [5.74, 6) is 1.09. The average Bonchev–Trinajstić information content (AvgIpc) is 3.55. The predicted molar refractivity (Wildman–Crippen MR) is 150 cm³/mol. The molecule has 3 aromatic heterocycles. The number of carbonyl (C=O) groups excluding carboxylic acids is 1. The quantitative estimate of drug-likeness (QED) is 0.253. The molecule has 0 bridgehead atoms. The lowest BCUT2D eigenvalue weighted by Gasteiger charge is -2.42.